The van der Waals surface area contributed by atoms with Gasteiger partial charge in [0.25, 0.3) is 0 Å². The van der Waals surface area contributed by atoms with Crippen LogP contribution in [0.25, 0.3) is 0 Å². The van der Waals surface area contributed by atoms with Gasteiger partial charge in [0.2, 0.25) is 0 Å². The Morgan fingerprint density at radius 3 is 2.84 bits per heavy atom. The van der Waals surface area contributed by atoms with Crippen molar-refractivity contribution in [1.82, 2.24) is 9.97 Å². The average Bonchev–Trinajstić information content (AvgIpc) is 2.40. The van der Waals surface area contributed by atoms with E-state index in [1.807, 2.05) is 13.0 Å². The van der Waals surface area contributed by atoms with Crippen LogP contribution in [0, 0.1) is 0 Å². The monoisotopic (exact) mass is 297 g/mol. The lowest BCUT2D eigenvalue weighted by atomic mass is 10.3. The van der Waals surface area contributed by atoms with Crippen LogP contribution >= 0.6 is 23.2 Å². The van der Waals surface area contributed by atoms with Crippen LogP contribution in [0.4, 0.5) is 5.82 Å². The van der Waals surface area contributed by atoms with E-state index in [4.69, 9.17) is 27.9 Å². The first-order chi connectivity index (χ1) is 9.19. The number of hydrogen-bond acceptors (Lipinski definition) is 4. The summed E-state index contributed by atoms with van der Waals surface area (Å²) in [5.41, 5.74) is 0.667. The number of rotatable bonds is 5. The maximum atomic E-state index is 6.08. The first-order valence-electron chi connectivity index (χ1n) is 5.81. The lowest BCUT2D eigenvalue weighted by Crippen LogP contribution is -2.04. The Hall–Kier alpha value is -1.52. The van der Waals surface area contributed by atoms with Gasteiger partial charge in [0.05, 0.1) is 21.9 Å². The number of hydrogen-bond donors (Lipinski definition) is 1. The zero-order valence-corrected chi connectivity index (χ0v) is 11.9. The lowest BCUT2D eigenvalue weighted by molar-refractivity contribution is 0.300. The molecule has 100 valence electrons. The molecule has 4 nitrogen and oxygen atoms in total. The Labute approximate surface area is 121 Å². The fourth-order valence-electron chi connectivity index (χ4n) is 1.49. The topological polar surface area (TPSA) is 47.0 Å². The van der Waals surface area contributed by atoms with Gasteiger partial charge in [-0.1, -0.05) is 23.2 Å². The summed E-state index contributed by atoms with van der Waals surface area (Å²) in [5.74, 6) is 1.36. The number of nitrogens with zero attached hydrogens (tertiary/aromatic N) is 2. The zero-order valence-electron chi connectivity index (χ0n) is 10.4. The molecule has 2 heterocycles. The van der Waals surface area contributed by atoms with Crippen molar-refractivity contribution in [3.05, 3.63) is 46.3 Å². The molecule has 2 aromatic rings. The van der Waals surface area contributed by atoms with Crippen LogP contribution in [-0.4, -0.2) is 16.5 Å². The van der Waals surface area contributed by atoms with Crippen molar-refractivity contribution < 1.29 is 4.74 Å². The molecule has 0 saturated heterocycles. The molecule has 0 aliphatic rings. The van der Waals surface area contributed by atoms with Crippen LogP contribution in [0.1, 0.15) is 12.6 Å². The maximum Gasteiger partial charge on any atom is 0.139 e. The fraction of sp³-hybridized carbons (Fsp3) is 0.231. The van der Waals surface area contributed by atoms with E-state index < -0.39 is 0 Å². The van der Waals surface area contributed by atoms with E-state index in [2.05, 4.69) is 15.3 Å². The molecule has 0 aromatic carbocycles. The maximum absolute atomic E-state index is 6.08. The standard InChI is InChI=1S/C13H13Cl2N3O/c1-2-17-13-4-3-11(15)12(18-13)8-19-10-5-9(14)6-16-7-10/h3-7H,2,8H2,1H3,(H,17,18). The van der Waals surface area contributed by atoms with Gasteiger partial charge in [-0.05, 0) is 19.1 Å². The Bertz CT molecular complexity index is 563. The van der Waals surface area contributed by atoms with Crippen molar-refractivity contribution in [2.45, 2.75) is 13.5 Å². The largest absolute Gasteiger partial charge is 0.486 e. The van der Waals surface area contributed by atoms with Gasteiger partial charge in [-0.3, -0.25) is 4.98 Å². The van der Waals surface area contributed by atoms with E-state index in [-0.39, 0.29) is 6.61 Å². The van der Waals surface area contributed by atoms with Crippen LogP contribution in [0.15, 0.2) is 30.6 Å². The molecule has 0 unspecified atom stereocenters. The molecular weight excluding hydrogens is 285 g/mol. The van der Waals surface area contributed by atoms with Crippen LogP contribution in [-0.2, 0) is 6.61 Å². The van der Waals surface area contributed by atoms with Crippen LogP contribution in [0.5, 0.6) is 5.75 Å². The van der Waals surface area contributed by atoms with Crippen molar-refractivity contribution in [2.75, 3.05) is 11.9 Å². The first-order valence-corrected chi connectivity index (χ1v) is 6.57. The molecule has 0 aliphatic heterocycles. The molecule has 0 amide bonds. The highest BCUT2D eigenvalue weighted by atomic mass is 35.5. The minimum absolute atomic E-state index is 0.264. The van der Waals surface area contributed by atoms with Crippen LogP contribution in [0.2, 0.25) is 10.0 Å². The second-order valence-corrected chi connectivity index (χ2v) is 4.63. The Morgan fingerprint density at radius 1 is 1.26 bits per heavy atom. The Balaban J connectivity index is 2.08. The summed E-state index contributed by atoms with van der Waals surface area (Å²) >= 11 is 11.9. The fourth-order valence-corrected chi connectivity index (χ4v) is 1.81. The molecule has 1 N–H and O–H groups in total. The Kier molecular flexibility index (Phi) is 4.82. The van der Waals surface area contributed by atoms with Gasteiger partial charge in [-0.2, -0.15) is 0 Å². The predicted molar refractivity (Wildman–Crippen MR) is 77.0 cm³/mol. The van der Waals surface area contributed by atoms with Crippen molar-refractivity contribution in [3.63, 3.8) is 0 Å². The number of halogens is 2. The third-order valence-electron chi connectivity index (χ3n) is 2.33. The molecule has 2 aromatic heterocycles. The highest BCUT2D eigenvalue weighted by molar-refractivity contribution is 6.31. The number of anilines is 1. The summed E-state index contributed by atoms with van der Waals surface area (Å²) in [6.45, 7) is 3.07. The van der Waals surface area contributed by atoms with Crippen molar-refractivity contribution >= 4 is 29.0 Å². The first kappa shape index (κ1) is 13.9. The third-order valence-corrected chi connectivity index (χ3v) is 2.88. The number of nitrogens with one attached hydrogen (secondary N) is 1. The van der Waals surface area contributed by atoms with Gasteiger partial charge in [0, 0.05) is 18.8 Å². The molecular formula is C13H13Cl2N3O. The summed E-state index contributed by atoms with van der Waals surface area (Å²) in [7, 11) is 0. The summed E-state index contributed by atoms with van der Waals surface area (Å²) < 4.78 is 5.57. The summed E-state index contributed by atoms with van der Waals surface area (Å²) in [4.78, 5) is 8.32. The third kappa shape index (κ3) is 3.98. The molecule has 0 radical (unpaired) electrons. The van der Waals surface area contributed by atoms with E-state index in [0.29, 0.717) is 21.5 Å². The second-order valence-electron chi connectivity index (χ2n) is 3.78. The van der Waals surface area contributed by atoms with Gasteiger partial charge in [0.1, 0.15) is 18.2 Å². The summed E-state index contributed by atoms with van der Waals surface area (Å²) in [6, 6.07) is 5.31. The SMILES string of the molecule is CCNc1ccc(Cl)c(COc2cncc(Cl)c2)n1. The van der Waals surface area contributed by atoms with Crippen LogP contribution in [0.3, 0.4) is 0 Å². The smallest absolute Gasteiger partial charge is 0.139 e. The minimum atomic E-state index is 0.264. The quantitative estimate of drug-likeness (QED) is 0.912. The summed E-state index contributed by atoms with van der Waals surface area (Å²) in [5, 5.41) is 4.22. The predicted octanol–water partition coefficient (Wildman–Crippen LogP) is 3.79. The molecule has 2 rings (SSSR count). The molecule has 6 heteroatoms. The molecule has 0 fully saturated rings. The van der Waals surface area contributed by atoms with Gasteiger partial charge in [-0.25, -0.2) is 4.98 Å². The molecule has 0 aliphatic carbocycles. The second kappa shape index (κ2) is 6.59. The average molecular weight is 298 g/mol. The van der Waals surface area contributed by atoms with Crippen molar-refractivity contribution in [3.8, 4) is 5.75 Å². The van der Waals surface area contributed by atoms with Gasteiger partial charge >= 0.3 is 0 Å². The van der Waals surface area contributed by atoms with E-state index in [1.54, 1.807) is 24.5 Å². The molecule has 0 bridgehead atoms. The van der Waals surface area contributed by atoms with Gasteiger partial charge in [0.15, 0.2) is 0 Å². The van der Waals surface area contributed by atoms with Gasteiger partial charge < -0.3 is 10.1 Å². The highest BCUT2D eigenvalue weighted by Gasteiger charge is 2.05. The van der Waals surface area contributed by atoms with Crippen molar-refractivity contribution in [2.24, 2.45) is 0 Å². The molecule has 0 spiro atoms. The number of pyridine rings is 2. The van der Waals surface area contributed by atoms with E-state index in [0.717, 1.165) is 12.4 Å². The lowest BCUT2D eigenvalue weighted by Gasteiger charge is -2.09. The van der Waals surface area contributed by atoms with Crippen molar-refractivity contribution in [1.29, 1.82) is 0 Å². The van der Waals surface area contributed by atoms with Gasteiger partial charge in [-0.15, -0.1) is 0 Å². The molecule has 0 saturated carbocycles. The highest BCUT2D eigenvalue weighted by Crippen LogP contribution is 2.20. The molecule has 0 atom stereocenters. The number of aromatic nitrogens is 2. The van der Waals surface area contributed by atoms with Crippen LogP contribution < -0.4 is 10.1 Å². The Morgan fingerprint density at radius 2 is 2.11 bits per heavy atom. The normalized spacial score (nSPS) is 10.3. The van der Waals surface area contributed by atoms with E-state index >= 15 is 0 Å². The minimum Gasteiger partial charge on any atom is -0.486 e. The summed E-state index contributed by atoms with van der Waals surface area (Å²) in [6.07, 6.45) is 3.14. The van der Waals surface area contributed by atoms with E-state index in [1.165, 1.54) is 0 Å². The number of ether oxygens (including phenoxy) is 1. The zero-order chi connectivity index (χ0) is 13.7. The van der Waals surface area contributed by atoms with E-state index in [9.17, 15) is 0 Å². The molecule has 19 heavy (non-hydrogen) atoms.